The van der Waals surface area contributed by atoms with E-state index in [1.807, 2.05) is 0 Å². The second kappa shape index (κ2) is 7.33. The topological polar surface area (TPSA) is 94.4 Å². The number of nitro groups is 1. The van der Waals surface area contributed by atoms with Gasteiger partial charge in [0.25, 0.3) is 5.91 Å². The van der Waals surface area contributed by atoms with Crippen LogP contribution in [0.25, 0.3) is 0 Å². The molecule has 21 heavy (non-hydrogen) atoms. The maximum atomic E-state index is 12.0. The van der Waals surface area contributed by atoms with Crippen LogP contribution in [0.3, 0.4) is 0 Å². The van der Waals surface area contributed by atoms with E-state index in [-0.39, 0.29) is 16.8 Å². The molecule has 7 nitrogen and oxygen atoms in total. The quantitative estimate of drug-likeness (QED) is 0.376. The van der Waals surface area contributed by atoms with Gasteiger partial charge in [0.05, 0.1) is 17.6 Å². The number of carbonyl (C=O) groups is 1. The Labute approximate surface area is 126 Å². The van der Waals surface area contributed by atoms with Crippen molar-refractivity contribution in [1.82, 2.24) is 10.3 Å². The van der Waals surface area contributed by atoms with Crippen LogP contribution in [-0.2, 0) is 4.74 Å². The molecule has 0 aromatic carbocycles. The molecular weight excluding hydrogens is 298 g/mol. The zero-order chi connectivity index (χ0) is 15.2. The number of pyridine rings is 1. The summed E-state index contributed by atoms with van der Waals surface area (Å²) in [5.41, 5.74) is -0.575. The number of nitrogens with one attached hydrogen (secondary N) is 1. The maximum Gasteiger partial charge on any atom is 0.319 e. The zero-order valence-corrected chi connectivity index (χ0v) is 12.1. The van der Waals surface area contributed by atoms with E-state index < -0.39 is 16.5 Å². The van der Waals surface area contributed by atoms with Crippen LogP contribution in [0.1, 0.15) is 36.0 Å². The molecule has 8 heteroatoms. The first kappa shape index (κ1) is 15.7. The van der Waals surface area contributed by atoms with E-state index in [1.54, 1.807) is 0 Å². The second-order valence-electron chi connectivity index (χ2n) is 4.79. The summed E-state index contributed by atoms with van der Waals surface area (Å²) in [6, 6.07) is 1.27. The first-order valence-corrected chi connectivity index (χ1v) is 7.16. The molecule has 1 aromatic rings. The highest BCUT2D eigenvalue weighted by atomic mass is 35.5. The van der Waals surface area contributed by atoms with Crippen LogP contribution in [0, 0.1) is 10.1 Å². The lowest BCUT2D eigenvalue weighted by molar-refractivity contribution is -0.385. The summed E-state index contributed by atoms with van der Waals surface area (Å²) in [5, 5.41) is 13.2. The first-order valence-electron chi connectivity index (χ1n) is 6.78. The molecule has 0 atom stereocenters. The van der Waals surface area contributed by atoms with Gasteiger partial charge in [-0.1, -0.05) is 24.4 Å². The van der Waals surface area contributed by atoms with Crippen molar-refractivity contribution in [3.63, 3.8) is 0 Å². The van der Waals surface area contributed by atoms with Gasteiger partial charge in [0.15, 0.2) is 0 Å². The molecule has 2 rings (SSSR count). The number of aromatic nitrogens is 1. The number of ether oxygens (including phenoxy) is 1. The Kier molecular flexibility index (Phi) is 5.46. The Balaban J connectivity index is 1.88. The molecule has 0 bridgehead atoms. The predicted molar refractivity (Wildman–Crippen MR) is 76.4 cm³/mol. The molecule has 1 aliphatic rings. The number of nitrogens with zero attached hydrogens (tertiary/aromatic N) is 2. The van der Waals surface area contributed by atoms with Crippen molar-refractivity contribution in [2.75, 3.05) is 13.2 Å². The number of halogens is 1. The van der Waals surface area contributed by atoms with E-state index >= 15 is 0 Å². The standard InChI is InChI=1S/C13H16ClN3O4/c14-12-11(17(19)20)10(5-6-15-12)13(18)16-7-8-21-9-3-1-2-4-9/h5-6,9H,1-4,7-8H2,(H,16,18). The third-order valence-electron chi connectivity index (χ3n) is 3.35. The van der Waals surface area contributed by atoms with Gasteiger partial charge < -0.3 is 10.1 Å². The van der Waals surface area contributed by atoms with Crippen LogP contribution in [-0.4, -0.2) is 35.1 Å². The van der Waals surface area contributed by atoms with Crippen molar-refractivity contribution in [1.29, 1.82) is 0 Å². The van der Waals surface area contributed by atoms with E-state index in [2.05, 4.69) is 10.3 Å². The van der Waals surface area contributed by atoms with Crippen molar-refractivity contribution in [3.05, 3.63) is 33.1 Å². The van der Waals surface area contributed by atoms with Gasteiger partial charge >= 0.3 is 5.69 Å². The van der Waals surface area contributed by atoms with Gasteiger partial charge in [-0.2, -0.15) is 0 Å². The van der Waals surface area contributed by atoms with E-state index in [4.69, 9.17) is 16.3 Å². The summed E-state index contributed by atoms with van der Waals surface area (Å²) < 4.78 is 5.60. The van der Waals surface area contributed by atoms with Gasteiger partial charge in [0.1, 0.15) is 5.56 Å². The van der Waals surface area contributed by atoms with Crippen LogP contribution in [0.4, 0.5) is 5.69 Å². The van der Waals surface area contributed by atoms with Crippen molar-refractivity contribution in [2.45, 2.75) is 31.8 Å². The van der Waals surface area contributed by atoms with Gasteiger partial charge in [0.2, 0.25) is 5.15 Å². The predicted octanol–water partition coefficient (Wildman–Crippen LogP) is 2.33. The summed E-state index contributed by atoms with van der Waals surface area (Å²) in [6.45, 7) is 0.690. The maximum absolute atomic E-state index is 12.0. The molecule has 1 aromatic heterocycles. The molecule has 114 valence electrons. The van der Waals surface area contributed by atoms with Gasteiger partial charge in [-0.3, -0.25) is 14.9 Å². The average Bonchev–Trinajstić information content (AvgIpc) is 2.95. The highest BCUT2D eigenvalue weighted by Crippen LogP contribution is 2.25. The van der Waals surface area contributed by atoms with Gasteiger partial charge in [-0.05, 0) is 18.9 Å². The molecule has 0 aliphatic heterocycles. The van der Waals surface area contributed by atoms with Crippen molar-refractivity contribution >= 4 is 23.2 Å². The summed E-state index contributed by atoms with van der Waals surface area (Å²) in [7, 11) is 0. The van der Waals surface area contributed by atoms with Gasteiger partial charge in [0, 0.05) is 12.7 Å². The normalized spacial score (nSPS) is 15.1. The number of carbonyl (C=O) groups excluding carboxylic acids is 1. The molecule has 1 amide bonds. The fourth-order valence-corrected chi connectivity index (χ4v) is 2.55. The minimum atomic E-state index is -0.709. The Hall–Kier alpha value is -1.73. The minimum Gasteiger partial charge on any atom is -0.376 e. The third kappa shape index (κ3) is 4.12. The fraction of sp³-hybridized carbons (Fsp3) is 0.538. The molecule has 0 unspecified atom stereocenters. The Morgan fingerprint density at radius 2 is 2.24 bits per heavy atom. The fourth-order valence-electron chi connectivity index (χ4n) is 2.33. The Morgan fingerprint density at radius 1 is 1.52 bits per heavy atom. The number of amides is 1. The van der Waals surface area contributed by atoms with Crippen LogP contribution >= 0.6 is 11.6 Å². The van der Waals surface area contributed by atoms with Crippen molar-refractivity contribution < 1.29 is 14.5 Å². The smallest absolute Gasteiger partial charge is 0.319 e. The van der Waals surface area contributed by atoms with Crippen LogP contribution in [0.2, 0.25) is 5.15 Å². The number of hydrogen-bond acceptors (Lipinski definition) is 5. The monoisotopic (exact) mass is 313 g/mol. The average molecular weight is 314 g/mol. The van der Waals surface area contributed by atoms with Gasteiger partial charge in [-0.15, -0.1) is 0 Å². The van der Waals surface area contributed by atoms with E-state index in [9.17, 15) is 14.9 Å². The zero-order valence-electron chi connectivity index (χ0n) is 11.4. The molecule has 1 N–H and O–H groups in total. The van der Waals surface area contributed by atoms with Crippen LogP contribution in [0.5, 0.6) is 0 Å². The third-order valence-corrected chi connectivity index (χ3v) is 3.63. The van der Waals surface area contributed by atoms with Crippen LogP contribution < -0.4 is 5.32 Å². The van der Waals surface area contributed by atoms with Crippen molar-refractivity contribution in [3.8, 4) is 0 Å². The lowest BCUT2D eigenvalue weighted by Crippen LogP contribution is -2.29. The number of hydrogen-bond donors (Lipinski definition) is 1. The molecule has 0 spiro atoms. The molecule has 1 fully saturated rings. The number of rotatable bonds is 6. The highest BCUT2D eigenvalue weighted by Gasteiger charge is 2.24. The summed E-state index contributed by atoms with van der Waals surface area (Å²) >= 11 is 5.66. The SMILES string of the molecule is O=C(NCCOC1CCCC1)c1ccnc(Cl)c1[N+](=O)[O-]. The van der Waals surface area contributed by atoms with E-state index in [1.165, 1.54) is 25.1 Å². The first-order chi connectivity index (χ1) is 10.1. The van der Waals surface area contributed by atoms with E-state index in [0.29, 0.717) is 13.2 Å². The lowest BCUT2D eigenvalue weighted by Gasteiger charge is -2.11. The largest absolute Gasteiger partial charge is 0.376 e. The Morgan fingerprint density at radius 3 is 2.90 bits per heavy atom. The molecule has 0 saturated heterocycles. The summed E-state index contributed by atoms with van der Waals surface area (Å²) in [4.78, 5) is 25.8. The van der Waals surface area contributed by atoms with Gasteiger partial charge in [-0.25, -0.2) is 4.98 Å². The van der Waals surface area contributed by atoms with E-state index in [0.717, 1.165) is 12.8 Å². The molecule has 0 radical (unpaired) electrons. The lowest BCUT2D eigenvalue weighted by atomic mass is 10.2. The molecule has 1 saturated carbocycles. The molecular formula is C13H16ClN3O4. The van der Waals surface area contributed by atoms with Crippen LogP contribution in [0.15, 0.2) is 12.3 Å². The second-order valence-corrected chi connectivity index (χ2v) is 5.15. The van der Waals surface area contributed by atoms with Crippen molar-refractivity contribution in [2.24, 2.45) is 0 Å². The summed E-state index contributed by atoms with van der Waals surface area (Å²) in [5.74, 6) is -0.555. The minimum absolute atomic E-state index is 0.0964. The molecule has 1 heterocycles. The highest BCUT2D eigenvalue weighted by molar-refractivity contribution is 6.32. The summed E-state index contributed by atoms with van der Waals surface area (Å²) in [6.07, 6.45) is 6.00. The molecule has 1 aliphatic carbocycles. The Bertz CT molecular complexity index is 532.